The van der Waals surface area contributed by atoms with Crippen LogP contribution in [0.4, 0.5) is 0 Å². The van der Waals surface area contributed by atoms with Gasteiger partial charge < -0.3 is 9.84 Å². The molecule has 0 aliphatic carbocycles. The standard InChI is InChI=1S/C17H20BrNO4S/c1-12(13-3-7-15(23-2)8-4-13)17(11-20)19-24(21,22)16-9-5-14(18)6-10-16/h3-10,12,17,19-20H,11H2,1-2H3/t12-,17+/m0/s1. The minimum absolute atomic E-state index is 0.158. The summed E-state index contributed by atoms with van der Waals surface area (Å²) in [7, 11) is -2.13. The van der Waals surface area contributed by atoms with E-state index < -0.39 is 16.1 Å². The van der Waals surface area contributed by atoms with Gasteiger partial charge >= 0.3 is 0 Å². The van der Waals surface area contributed by atoms with E-state index in [0.717, 1.165) is 15.8 Å². The summed E-state index contributed by atoms with van der Waals surface area (Å²) in [5.41, 5.74) is 0.911. The molecule has 0 aromatic heterocycles. The zero-order valence-electron chi connectivity index (χ0n) is 13.4. The number of aliphatic hydroxyl groups excluding tert-OH is 1. The quantitative estimate of drug-likeness (QED) is 0.731. The highest BCUT2D eigenvalue weighted by molar-refractivity contribution is 9.10. The summed E-state index contributed by atoms with van der Waals surface area (Å²) < 4.78 is 33.5. The van der Waals surface area contributed by atoms with Crippen molar-refractivity contribution in [3.8, 4) is 5.75 Å². The van der Waals surface area contributed by atoms with E-state index in [1.807, 2.05) is 31.2 Å². The first-order chi connectivity index (χ1) is 11.4. The van der Waals surface area contributed by atoms with E-state index in [9.17, 15) is 13.5 Å². The van der Waals surface area contributed by atoms with Crippen LogP contribution in [0.5, 0.6) is 5.75 Å². The lowest BCUT2D eigenvalue weighted by Crippen LogP contribution is -2.41. The Kier molecular flexibility index (Phi) is 6.40. The lowest BCUT2D eigenvalue weighted by atomic mass is 9.94. The second-order valence-electron chi connectivity index (χ2n) is 5.43. The van der Waals surface area contributed by atoms with E-state index in [4.69, 9.17) is 4.74 Å². The Bertz CT molecular complexity index is 760. The Morgan fingerprint density at radius 2 is 1.71 bits per heavy atom. The number of hydrogen-bond donors (Lipinski definition) is 2. The molecular weight excluding hydrogens is 394 g/mol. The first kappa shape index (κ1) is 18.9. The highest BCUT2D eigenvalue weighted by Gasteiger charge is 2.25. The summed E-state index contributed by atoms with van der Waals surface area (Å²) in [6.45, 7) is 1.57. The average molecular weight is 414 g/mol. The maximum absolute atomic E-state index is 12.5. The number of aliphatic hydroxyl groups is 1. The first-order valence-electron chi connectivity index (χ1n) is 7.40. The Hall–Kier alpha value is -1.41. The van der Waals surface area contributed by atoms with Gasteiger partial charge in [0.1, 0.15) is 5.75 Å². The van der Waals surface area contributed by atoms with Crippen molar-refractivity contribution >= 4 is 26.0 Å². The van der Waals surface area contributed by atoms with E-state index in [0.29, 0.717) is 0 Å². The van der Waals surface area contributed by atoms with Crippen LogP contribution in [-0.4, -0.2) is 33.3 Å². The predicted octanol–water partition coefficient (Wildman–Crippen LogP) is 2.90. The molecular formula is C17H20BrNO4S. The second-order valence-corrected chi connectivity index (χ2v) is 8.06. The van der Waals surface area contributed by atoms with Gasteiger partial charge in [-0.1, -0.05) is 35.0 Å². The molecule has 0 heterocycles. The number of sulfonamides is 1. The molecule has 2 atom stereocenters. The number of halogens is 1. The monoisotopic (exact) mass is 413 g/mol. The molecule has 5 nitrogen and oxygen atoms in total. The molecule has 24 heavy (non-hydrogen) atoms. The Labute approximate surface area is 150 Å². The van der Waals surface area contributed by atoms with E-state index in [1.54, 1.807) is 19.2 Å². The summed E-state index contributed by atoms with van der Waals surface area (Å²) in [6, 6.07) is 13.1. The van der Waals surface area contributed by atoms with Crippen molar-refractivity contribution in [2.75, 3.05) is 13.7 Å². The van der Waals surface area contributed by atoms with Gasteiger partial charge in [-0.15, -0.1) is 0 Å². The third-order valence-electron chi connectivity index (χ3n) is 3.87. The molecule has 0 saturated heterocycles. The van der Waals surface area contributed by atoms with Gasteiger partial charge in [0, 0.05) is 4.47 Å². The van der Waals surface area contributed by atoms with Crippen LogP contribution in [0.2, 0.25) is 0 Å². The summed E-state index contributed by atoms with van der Waals surface area (Å²) in [6.07, 6.45) is 0. The fourth-order valence-corrected chi connectivity index (χ4v) is 3.89. The molecule has 130 valence electrons. The number of benzene rings is 2. The summed E-state index contributed by atoms with van der Waals surface area (Å²) >= 11 is 3.28. The van der Waals surface area contributed by atoms with E-state index in [1.165, 1.54) is 12.1 Å². The normalized spacial score (nSPS) is 14.2. The fourth-order valence-electron chi connectivity index (χ4n) is 2.32. The van der Waals surface area contributed by atoms with Gasteiger partial charge in [0.25, 0.3) is 0 Å². The van der Waals surface area contributed by atoms with Crippen molar-refractivity contribution in [2.24, 2.45) is 0 Å². The largest absolute Gasteiger partial charge is 0.497 e. The van der Waals surface area contributed by atoms with Gasteiger partial charge in [-0.25, -0.2) is 13.1 Å². The average Bonchev–Trinajstić information content (AvgIpc) is 2.59. The van der Waals surface area contributed by atoms with Crippen LogP contribution in [0.3, 0.4) is 0 Å². The molecule has 7 heteroatoms. The Balaban J connectivity index is 2.19. The van der Waals surface area contributed by atoms with E-state index >= 15 is 0 Å². The number of methoxy groups -OCH3 is 1. The summed E-state index contributed by atoms with van der Waals surface area (Å²) in [5.74, 6) is 0.521. The lowest BCUT2D eigenvalue weighted by molar-refractivity contribution is 0.242. The van der Waals surface area contributed by atoms with E-state index in [-0.39, 0.29) is 17.4 Å². The Morgan fingerprint density at radius 1 is 1.12 bits per heavy atom. The molecule has 2 N–H and O–H groups in total. The minimum Gasteiger partial charge on any atom is -0.497 e. The van der Waals surface area contributed by atoms with Crippen LogP contribution in [0.15, 0.2) is 57.9 Å². The minimum atomic E-state index is -3.71. The van der Waals surface area contributed by atoms with Crippen molar-refractivity contribution in [2.45, 2.75) is 23.8 Å². The number of nitrogens with one attached hydrogen (secondary N) is 1. The third kappa shape index (κ3) is 4.57. The molecule has 2 rings (SSSR count). The molecule has 0 unspecified atom stereocenters. The van der Waals surface area contributed by atoms with Gasteiger partial charge in [0.05, 0.1) is 24.7 Å². The number of hydrogen-bond acceptors (Lipinski definition) is 4. The zero-order valence-corrected chi connectivity index (χ0v) is 15.8. The van der Waals surface area contributed by atoms with Gasteiger partial charge in [0.15, 0.2) is 0 Å². The molecule has 0 saturated carbocycles. The fraction of sp³-hybridized carbons (Fsp3) is 0.294. The van der Waals surface area contributed by atoms with Crippen molar-refractivity contribution in [3.05, 3.63) is 58.6 Å². The maximum atomic E-state index is 12.5. The van der Waals surface area contributed by atoms with Crippen molar-refractivity contribution in [1.29, 1.82) is 0 Å². The predicted molar refractivity (Wildman–Crippen MR) is 96.7 cm³/mol. The van der Waals surface area contributed by atoms with Crippen LogP contribution in [0.1, 0.15) is 18.4 Å². The molecule has 0 bridgehead atoms. The van der Waals surface area contributed by atoms with Crippen molar-refractivity contribution in [1.82, 2.24) is 4.72 Å². The Morgan fingerprint density at radius 3 is 2.21 bits per heavy atom. The first-order valence-corrected chi connectivity index (χ1v) is 9.67. The van der Waals surface area contributed by atoms with Crippen LogP contribution < -0.4 is 9.46 Å². The van der Waals surface area contributed by atoms with Crippen molar-refractivity contribution < 1.29 is 18.3 Å². The van der Waals surface area contributed by atoms with Crippen LogP contribution in [-0.2, 0) is 10.0 Å². The van der Waals surface area contributed by atoms with Gasteiger partial charge in [-0.2, -0.15) is 0 Å². The van der Waals surface area contributed by atoms with Crippen LogP contribution >= 0.6 is 15.9 Å². The molecule has 0 aliphatic heterocycles. The highest BCUT2D eigenvalue weighted by atomic mass is 79.9. The van der Waals surface area contributed by atoms with Crippen LogP contribution in [0.25, 0.3) is 0 Å². The molecule has 0 spiro atoms. The molecule has 0 radical (unpaired) electrons. The molecule has 0 amide bonds. The smallest absolute Gasteiger partial charge is 0.240 e. The van der Waals surface area contributed by atoms with E-state index in [2.05, 4.69) is 20.7 Å². The molecule has 0 fully saturated rings. The topological polar surface area (TPSA) is 75.6 Å². The second kappa shape index (κ2) is 8.11. The number of ether oxygens (including phenoxy) is 1. The maximum Gasteiger partial charge on any atom is 0.240 e. The summed E-state index contributed by atoms with van der Waals surface area (Å²) in [4.78, 5) is 0.158. The van der Waals surface area contributed by atoms with Gasteiger partial charge in [-0.05, 0) is 47.9 Å². The van der Waals surface area contributed by atoms with Gasteiger partial charge in [-0.3, -0.25) is 0 Å². The lowest BCUT2D eigenvalue weighted by Gasteiger charge is -2.23. The SMILES string of the molecule is COc1ccc([C@H](C)[C@@H](CO)NS(=O)(=O)c2ccc(Br)cc2)cc1. The van der Waals surface area contributed by atoms with Gasteiger partial charge in [0.2, 0.25) is 10.0 Å². The number of rotatable bonds is 7. The molecule has 2 aromatic rings. The summed E-state index contributed by atoms with van der Waals surface area (Å²) in [5, 5.41) is 9.65. The third-order valence-corrected chi connectivity index (χ3v) is 5.91. The molecule has 0 aliphatic rings. The van der Waals surface area contributed by atoms with Crippen LogP contribution in [0, 0.1) is 0 Å². The van der Waals surface area contributed by atoms with Crippen molar-refractivity contribution in [3.63, 3.8) is 0 Å². The zero-order chi connectivity index (χ0) is 17.7. The molecule has 2 aromatic carbocycles. The highest BCUT2D eigenvalue weighted by Crippen LogP contribution is 2.23.